The van der Waals surface area contributed by atoms with Crippen LogP contribution in [0.4, 0.5) is 0 Å². The minimum absolute atomic E-state index is 0.109. The van der Waals surface area contributed by atoms with Gasteiger partial charge in [0.05, 0.1) is 11.5 Å². The molecule has 2 fully saturated rings. The first-order chi connectivity index (χ1) is 9.53. The summed E-state index contributed by atoms with van der Waals surface area (Å²) in [6, 6.07) is 5.18. The minimum atomic E-state index is -3.49. The van der Waals surface area contributed by atoms with Crippen molar-refractivity contribution in [2.45, 2.75) is 50.2 Å². The van der Waals surface area contributed by atoms with Gasteiger partial charge in [-0.2, -0.15) is 0 Å². The van der Waals surface area contributed by atoms with E-state index in [1.807, 2.05) is 0 Å². The van der Waals surface area contributed by atoms with Gasteiger partial charge in [0.1, 0.15) is 0 Å². The van der Waals surface area contributed by atoms with Crippen LogP contribution in [0, 0.1) is 18.8 Å². The molecule has 0 heterocycles. The molecule has 2 N–H and O–H groups in total. The second-order valence-electron chi connectivity index (χ2n) is 6.02. The summed E-state index contributed by atoms with van der Waals surface area (Å²) in [5.41, 5.74) is 1.31. The summed E-state index contributed by atoms with van der Waals surface area (Å²) < 4.78 is 28.1. The molecule has 0 saturated heterocycles. The lowest BCUT2D eigenvalue weighted by atomic mass is 10.1. The molecule has 2 aliphatic carbocycles. The summed E-state index contributed by atoms with van der Waals surface area (Å²) in [6.07, 6.45) is 4.55. The Balaban J connectivity index is 1.87. The van der Waals surface area contributed by atoms with Crippen molar-refractivity contribution in [1.29, 1.82) is 0 Å². The van der Waals surface area contributed by atoms with Crippen molar-refractivity contribution in [1.82, 2.24) is 4.72 Å². The van der Waals surface area contributed by atoms with E-state index in [9.17, 15) is 13.5 Å². The molecule has 1 aromatic rings. The van der Waals surface area contributed by atoms with E-state index in [2.05, 4.69) is 4.72 Å². The molecule has 0 aromatic heterocycles. The van der Waals surface area contributed by atoms with Crippen molar-refractivity contribution in [2.24, 2.45) is 11.8 Å². The second kappa shape index (κ2) is 5.13. The number of rotatable bonds is 6. The number of aliphatic hydroxyl groups excluding tert-OH is 1. The molecule has 0 amide bonds. The van der Waals surface area contributed by atoms with E-state index < -0.39 is 10.0 Å². The third-order valence-corrected chi connectivity index (χ3v) is 6.01. The third-order valence-electron chi connectivity index (χ3n) is 4.41. The molecule has 20 heavy (non-hydrogen) atoms. The van der Waals surface area contributed by atoms with Gasteiger partial charge in [0.25, 0.3) is 0 Å². The molecule has 0 atom stereocenters. The van der Waals surface area contributed by atoms with E-state index in [-0.39, 0.29) is 12.6 Å². The monoisotopic (exact) mass is 295 g/mol. The zero-order valence-electron chi connectivity index (χ0n) is 11.7. The van der Waals surface area contributed by atoms with Crippen molar-refractivity contribution >= 4 is 10.0 Å². The Kier molecular flexibility index (Phi) is 3.60. The van der Waals surface area contributed by atoms with Crippen LogP contribution >= 0.6 is 0 Å². The number of hydrogen-bond donors (Lipinski definition) is 2. The molecule has 2 aliphatic rings. The molecule has 0 aliphatic heterocycles. The Morgan fingerprint density at radius 3 is 2.35 bits per heavy atom. The van der Waals surface area contributed by atoms with E-state index in [0.717, 1.165) is 25.7 Å². The maximum Gasteiger partial charge on any atom is 0.241 e. The summed E-state index contributed by atoms with van der Waals surface area (Å²) >= 11 is 0. The number of hydrogen-bond acceptors (Lipinski definition) is 3. The molecule has 0 bridgehead atoms. The Hall–Kier alpha value is -0.910. The molecule has 110 valence electrons. The van der Waals surface area contributed by atoms with Crippen LogP contribution in [0.1, 0.15) is 36.8 Å². The van der Waals surface area contributed by atoms with Gasteiger partial charge in [-0.15, -0.1) is 0 Å². The Labute approximate surface area is 120 Å². The van der Waals surface area contributed by atoms with E-state index in [1.54, 1.807) is 25.1 Å². The standard InChI is InChI=1S/C15H21NO3S/c1-10-13(9-17)3-2-4-14(10)20(18,19)16-15(11-5-6-11)12-7-8-12/h2-4,11-12,15-17H,5-9H2,1H3. The first-order valence-corrected chi connectivity index (χ1v) is 8.73. The average molecular weight is 295 g/mol. The number of aliphatic hydroxyl groups is 1. The highest BCUT2D eigenvalue weighted by molar-refractivity contribution is 7.89. The fourth-order valence-corrected chi connectivity index (χ4v) is 4.52. The summed E-state index contributed by atoms with van der Waals surface area (Å²) in [7, 11) is -3.49. The van der Waals surface area contributed by atoms with Crippen LogP contribution in [0.15, 0.2) is 23.1 Å². The van der Waals surface area contributed by atoms with Gasteiger partial charge in [0, 0.05) is 6.04 Å². The Morgan fingerprint density at radius 1 is 1.25 bits per heavy atom. The van der Waals surface area contributed by atoms with Crippen LogP contribution < -0.4 is 4.72 Å². The molecule has 4 nitrogen and oxygen atoms in total. The predicted molar refractivity (Wildman–Crippen MR) is 76.7 cm³/mol. The van der Waals surface area contributed by atoms with Gasteiger partial charge in [-0.25, -0.2) is 13.1 Å². The largest absolute Gasteiger partial charge is 0.392 e. The lowest BCUT2D eigenvalue weighted by Crippen LogP contribution is -2.38. The van der Waals surface area contributed by atoms with E-state index in [1.165, 1.54) is 0 Å². The molecule has 0 spiro atoms. The van der Waals surface area contributed by atoms with Crippen LogP contribution in [0.3, 0.4) is 0 Å². The minimum Gasteiger partial charge on any atom is -0.392 e. The van der Waals surface area contributed by atoms with Gasteiger partial charge in [-0.3, -0.25) is 0 Å². The summed E-state index contributed by atoms with van der Waals surface area (Å²) in [5.74, 6) is 1.05. The topological polar surface area (TPSA) is 66.4 Å². The lowest BCUT2D eigenvalue weighted by molar-refractivity contribution is 0.280. The molecule has 0 unspecified atom stereocenters. The number of nitrogens with one attached hydrogen (secondary N) is 1. The predicted octanol–water partition coefficient (Wildman–Crippen LogP) is 1.95. The first kappa shape index (κ1) is 14.0. The lowest BCUT2D eigenvalue weighted by Gasteiger charge is -2.19. The van der Waals surface area contributed by atoms with Gasteiger partial charge >= 0.3 is 0 Å². The van der Waals surface area contributed by atoms with Crippen LogP contribution in [0.25, 0.3) is 0 Å². The normalized spacial score (nSPS) is 19.6. The maximum atomic E-state index is 12.6. The number of sulfonamides is 1. The highest BCUT2D eigenvalue weighted by Crippen LogP contribution is 2.45. The molecule has 2 saturated carbocycles. The third kappa shape index (κ3) is 2.75. The zero-order valence-corrected chi connectivity index (χ0v) is 12.5. The van der Waals surface area contributed by atoms with Crippen LogP contribution in [-0.2, 0) is 16.6 Å². The Bertz CT molecular complexity index is 592. The molecule has 1 aromatic carbocycles. The van der Waals surface area contributed by atoms with Crippen molar-refractivity contribution in [3.8, 4) is 0 Å². The van der Waals surface area contributed by atoms with Gasteiger partial charge in [-0.1, -0.05) is 12.1 Å². The molecule has 0 radical (unpaired) electrons. The van der Waals surface area contributed by atoms with Crippen molar-refractivity contribution in [3.63, 3.8) is 0 Å². The Morgan fingerprint density at radius 2 is 1.85 bits per heavy atom. The van der Waals surface area contributed by atoms with E-state index in [4.69, 9.17) is 0 Å². The highest BCUT2D eigenvalue weighted by atomic mass is 32.2. The summed E-state index contributed by atoms with van der Waals surface area (Å²) in [5, 5.41) is 9.27. The fourth-order valence-electron chi connectivity index (χ4n) is 2.85. The smallest absolute Gasteiger partial charge is 0.241 e. The van der Waals surface area contributed by atoms with Crippen molar-refractivity contribution < 1.29 is 13.5 Å². The van der Waals surface area contributed by atoms with E-state index in [0.29, 0.717) is 27.9 Å². The average Bonchev–Trinajstić information content (AvgIpc) is 3.29. The van der Waals surface area contributed by atoms with Gasteiger partial charge < -0.3 is 5.11 Å². The van der Waals surface area contributed by atoms with Gasteiger partial charge in [-0.05, 0) is 61.6 Å². The highest BCUT2D eigenvalue weighted by Gasteiger charge is 2.43. The fraction of sp³-hybridized carbons (Fsp3) is 0.600. The first-order valence-electron chi connectivity index (χ1n) is 7.24. The second-order valence-corrected chi connectivity index (χ2v) is 7.70. The zero-order chi connectivity index (χ0) is 14.3. The molecule has 5 heteroatoms. The SMILES string of the molecule is Cc1c(CO)cccc1S(=O)(=O)NC(C1CC1)C1CC1. The van der Waals surface area contributed by atoms with Crippen molar-refractivity contribution in [3.05, 3.63) is 29.3 Å². The molecular weight excluding hydrogens is 274 g/mol. The molecular formula is C15H21NO3S. The van der Waals surface area contributed by atoms with Crippen molar-refractivity contribution in [2.75, 3.05) is 0 Å². The van der Waals surface area contributed by atoms with Gasteiger partial charge in [0.2, 0.25) is 10.0 Å². The number of benzene rings is 1. The van der Waals surface area contributed by atoms with Gasteiger partial charge in [0.15, 0.2) is 0 Å². The summed E-state index contributed by atoms with van der Waals surface area (Å²) in [4.78, 5) is 0.301. The van der Waals surface area contributed by atoms with Crippen LogP contribution in [0.5, 0.6) is 0 Å². The quantitative estimate of drug-likeness (QED) is 0.843. The maximum absolute atomic E-state index is 12.6. The summed E-state index contributed by atoms with van der Waals surface area (Å²) in [6.45, 7) is 1.62. The van der Waals surface area contributed by atoms with Crippen LogP contribution in [-0.4, -0.2) is 19.6 Å². The van der Waals surface area contributed by atoms with Crippen LogP contribution in [0.2, 0.25) is 0 Å². The van der Waals surface area contributed by atoms with E-state index >= 15 is 0 Å². The molecule has 3 rings (SSSR count).